The highest BCUT2D eigenvalue weighted by Gasteiger charge is 2.33. The van der Waals surface area contributed by atoms with E-state index in [9.17, 15) is 4.79 Å². The van der Waals surface area contributed by atoms with Crippen molar-refractivity contribution >= 4 is 17.8 Å². The number of methoxy groups -OCH3 is 1. The van der Waals surface area contributed by atoms with Crippen molar-refractivity contribution in [1.82, 2.24) is 19.4 Å². The van der Waals surface area contributed by atoms with Crippen LogP contribution in [0.25, 0.3) is 0 Å². The summed E-state index contributed by atoms with van der Waals surface area (Å²) >= 11 is 0. The number of carbonyl (C=O) groups is 1. The first kappa shape index (κ1) is 17.2. The normalized spacial score (nSPS) is 16.3. The number of nitrogens with one attached hydrogen (secondary N) is 1. The smallest absolute Gasteiger partial charge is 0.336 e. The van der Waals surface area contributed by atoms with Gasteiger partial charge in [-0.3, -0.25) is 14.6 Å². The number of ether oxygens (including phenoxy) is 2. The van der Waals surface area contributed by atoms with Crippen LogP contribution in [0.15, 0.2) is 24.3 Å². The highest BCUT2D eigenvalue weighted by molar-refractivity contribution is 6.04. The SMILES string of the molecule is COc1nc(NC(=O)c2ccccc2C)nc([N+]2(C)CCOCC2)n1. The van der Waals surface area contributed by atoms with Crippen LogP contribution in [-0.2, 0) is 4.74 Å². The van der Waals surface area contributed by atoms with Crippen LogP contribution in [0.1, 0.15) is 15.9 Å². The molecular weight excluding hydrogens is 322 g/mol. The molecule has 0 atom stereocenters. The molecule has 1 aromatic carbocycles. The van der Waals surface area contributed by atoms with Gasteiger partial charge >= 0.3 is 12.0 Å². The van der Waals surface area contributed by atoms with Gasteiger partial charge in [0, 0.05) is 5.56 Å². The lowest BCUT2D eigenvalue weighted by Gasteiger charge is -2.34. The van der Waals surface area contributed by atoms with E-state index in [2.05, 4.69) is 20.3 Å². The molecule has 0 bridgehead atoms. The first-order chi connectivity index (χ1) is 12.0. The van der Waals surface area contributed by atoms with Crippen LogP contribution in [0.5, 0.6) is 6.01 Å². The lowest BCUT2D eigenvalue weighted by atomic mass is 10.1. The quantitative estimate of drug-likeness (QED) is 0.844. The zero-order valence-corrected chi connectivity index (χ0v) is 14.7. The fraction of sp³-hybridized carbons (Fsp3) is 0.412. The Kier molecular flexibility index (Phi) is 4.91. The molecule has 132 valence electrons. The Morgan fingerprint density at radius 2 is 1.92 bits per heavy atom. The Bertz CT molecular complexity index is 775. The van der Waals surface area contributed by atoms with Crippen molar-refractivity contribution in [3.05, 3.63) is 35.4 Å². The summed E-state index contributed by atoms with van der Waals surface area (Å²) in [6.45, 7) is 4.65. The molecule has 1 saturated heterocycles. The van der Waals surface area contributed by atoms with Crippen molar-refractivity contribution in [1.29, 1.82) is 0 Å². The molecule has 0 unspecified atom stereocenters. The molecule has 1 amide bonds. The molecule has 0 radical (unpaired) electrons. The molecule has 1 aliphatic rings. The maximum atomic E-state index is 12.5. The number of nitrogens with zero attached hydrogens (tertiary/aromatic N) is 4. The second-order valence-electron chi connectivity index (χ2n) is 6.17. The standard InChI is InChI=1S/C17H21N5O3/c1-12-6-4-5-7-13(12)14(23)18-15-19-16(21-17(20-15)24-3)22(2)8-10-25-11-9-22/h4-7H,8-11H2,1-3H3/p+1. The Morgan fingerprint density at radius 3 is 2.60 bits per heavy atom. The van der Waals surface area contributed by atoms with Crippen LogP contribution in [0.4, 0.5) is 11.9 Å². The third-order valence-corrected chi connectivity index (χ3v) is 4.34. The van der Waals surface area contributed by atoms with Gasteiger partial charge < -0.3 is 9.47 Å². The third kappa shape index (κ3) is 3.75. The van der Waals surface area contributed by atoms with E-state index < -0.39 is 0 Å². The molecule has 1 aliphatic heterocycles. The molecular formula is C17H22N5O3+. The van der Waals surface area contributed by atoms with Gasteiger partial charge in [-0.05, 0) is 18.6 Å². The molecule has 0 aliphatic carbocycles. The summed E-state index contributed by atoms with van der Waals surface area (Å²) in [6, 6.07) is 7.53. The summed E-state index contributed by atoms with van der Waals surface area (Å²) < 4.78 is 11.1. The molecule has 8 nitrogen and oxygen atoms in total. The molecule has 2 heterocycles. The average Bonchev–Trinajstić information content (AvgIpc) is 2.62. The minimum absolute atomic E-state index is 0.177. The second-order valence-corrected chi connectivity index (χ2v) is 6.17. The number of rotatable bonds is 4. The Hall–Kier alpha value is -2.58. The summed E-state index contributed by atoms with van der Waals surface area (Å²) in [5, 5.41) is 2.75. The average molecular weight is 344 g/mol. The number of aromatic nitrogens is 3. The summed E-state index contributed by atoms with van der Waals surface area (Å²) in [7, 11) is 3.52. The van der Waals surface area contributed by atoms with Crippen molar-refractivity contribution in [3.8, 4) is 6.01 Å². The minimum Gasteiger partial charge on any atom is -0.467 e. The number of quaternary nitrogens is 1. The van der Waals surface area contributed by atoms with Gasteiger partial charge in [0.2, 0.25) is 5.95 Å². The zero-order valence-electron chi connectivity index (χ0n) is 14.7. The monoisotopic (exact) mass is 344 g/mol. The molecule has 2 aromatic rings. The fourth-order valence-electron chi connectivity index (χ4n) is 2.68. The number of hydrogen-bond donors (Lipinski definition) is 1. The van der Waals surface area contributed by atoms with Gasteiger partial charge in [-0.2, -0.15) is 4.98 Å². The molecule has 25 heavy (non-hydrogen) atoms. The predicted octanol–water partition coefficient (Wildman–Crippen LogP) is 1.41. The molecule has 8 heteroatoms. The lowest BCUT2D eigenvalue weighted by Crippen LogP contribution is -2.54. The van der Waals surface area contributed by atoms with E-state index in [1.807, 2.05) is 32.2 Å². The van der Waals surface area contributed by atoms with Gasteiger partial charge in [0.1, 0.15) is 13.1 Å². The number of amides is 1. The van der Waals surface area contributed by atoms with Crippen molar-refractivity contribution in [2.75, 3.05) is 45.8 Å². The van der Waals surface area contributed by atoms with E-state index in [-0.39, 0.29) is 17.9 Å². The molecule has 0 saturated carbocycles. The second kappa shape index (κ2) is 7.12. The summed E-state index contributed by atoms with van der Waals surface area (Å²) in [4.78, 5) is 25.5. The molecule has 1 fully saturated rings. The van der Waals surface area contributed by atoms with Crippen molar-refractivity contribution < 1.29 is 14.3 Å². The highest BCUT2D eigenvalue weighted by atomic mass is 16.5. The van der Waals surface area contributed by atoms with Crippen LogP contribution in [0, 0.1) is 6.92 Å². The van der Waals surface area contributed by atoms with E-state index in [1.165, 1.54) is 7.11 Å². The summed E-state index contributed by atoms with van der Waals surface area (Å²) in [5.41, 5.74) is 1.46. The maximum absolute atomic E-state index is 12.5. The first-order valence-corrected chi connectivity index (χ1v) is 8.12. The van der Waals surface area contributed by atoms with Gasteiger partial charge in [0.15, 0.2) is 0 Å². The van der Waals surface area contributed by atoms with E-state index in [1.54, 1.807) is 6.07 Å². The van der Waals surface area contributed by atoms with Gasteiger partial charge in [-0.25, -0.2) is 0 Å². The van der Waals surface area contributed by atoms with E-state index in [4.69, 9.17) is 9.47 Å². The van der Waals surface area contributed by atoms with Crippen LogP contribution in [0.2, 0.25) is 0 Å². The molecule has 0 spiro atoms. The largest absolute Gasteiger partial charge is 0.467 e. The molecule has 1 N–H and O–H groups in total. The van der Waals surface area contributed by atoms with Crippen molar-refractivity contribution in [2.45, 2.75) is 6.92 Å². The number of carbonyl (C=O) groups excluding carboxylic acids is 1. The number of anilines is 1. The van der Waals surface area contributed by atoms with Gasteiger partial charge in [0.05, 0.1) is 27.4 Å². The zero-order chi connectivity index (χ0) is 17.9. The third-order valence-electron chi connectivity index (χ3n) is 4.34. The maximum Gasteiger partial charge on any atom is 0.336 e. The Labute approximate surface area is 146 Å². The number of hydrogen-bond acceptors (Lipinski definition) is 6. The number of benzene rings is 1. The summed E-state index contributed by atoms with van der Waals surface area (Å²) in [6.07, 6.45) is 0. The Morgan fingerprint density at radius 1 is 1.20 bits per heavy atom. The minimum atomic E-state index is -0.262. The highest BCUT2D eigenvalue weighted by Crippen LogP contribution is 2.22. The topological polar surface area (TPSA) is 86.2 Å². The van der Waals surface area contributed by atoms with Gasteiger partial charge in [0.25, 0.3) is 5.91 Å². The predicted molar refractivity (Wildman–Crippen MR) is 93.8 cm³/mol. The number of morpholine rings is 1. The van der Waals surface area contributed by atoms with Gasteiger partial charge in [-0.15, -0.1) is 9.97 Å². The lowest BCUT2D eigenvalue weighted by molar-refractivity contribution is 0.0493. The molecule has 3 rings (SSSR count). The fourth-order valence-corrected chi connectivity index (χ4v) is 2.68. The van der Waals surface area contributed by atoms with Crippen LogP contribution in [0.3, 0.4) is 0 Å². The Balaban J connectivity index is 1.90. The van der Waals surface area contributed by atoms with Crippen LogP contribution >= 0.6 is 0 Å². The van der Waals surface area contributed by atoms with Crippen LogP contribution < -0.4 is 14.5 Å². The summed E-state index contributed by atoms with van der Waals surface area (Å²) in [5.74, 6) is 0.470. The first-order valence-electron chi connectivity index (χ1n) is 8.12. The van der Waals surface area contributed by atoms with Gasteiger partial charge in [-0.1, -0.05) is 18.2 Å². The van der Waals surface area contributed by atoms with E-state index in [0.29, 0.717) is 29.2 Å². The van der Waals surface area contributed by atoms with Crippen LogP contribution in [-0.4, -0.2) is 61.3 Å². The van der Waals surface area contributed by atoms with E-state index >= 15 is 0 Å². The molecule has 1 aromatic heterocycles. The van der Waals surface area contributed by atoms with Crippen molar-refractivity contribution in [3.63, 3.8) is 0 Å². The van der Waals surface area contributed by atoms with Crippen molar-refractivity contribution in [2.24, 2.45) is 0 Å². The number of aryl methyl sites for hydroxylation is 1. The van der Waals surface area contributed by atoms with E-state index in [0.717, 1.165) is 18.7 Å². The number of likely N-dealkylation sites (N-methyl/N-ethyl adjacent to an activating group) is 1.